The van der Waals surface area contributed by atoms with Crippen molar-refractivity contribution in [3.63, 3.8) is 0 Å². The molecule has 142 valence electrons. The fraction of sp³-hybridized carbons (Fsp3) is 0.706. The lowest BCUT2D eigenvalue weighted by Crippen LogP contribution is -2.55. The Morgan fingerprint density at radius 2 is 2.08 bits per heavy atom. The molecule has 1 atom stereocenters. The van der Waals surface area contributed by atoms with Crippen LogP contribution in [0.1, 0.15) is 24.1 Å². The normalized spacial score (nSPS) is 26.2. The maximum Gasteiger partial charge on any atom is 0.309 e. The Balaban J connectivity index is 1.35. The van der Waals surface area contributed by atoms with Crippen LogP contribution in [0.15, 0.2) is 6.20 Å². The standard InChI is InChI=1S/C17H24N4O4S/c22-14-9-13(15(23)24)17(19-14)1-3-20(4-2-17)11-12-10-18-16(26-12)21-5-7-25-8-6-21/h10,13H,1-9,11H2,(H,19,22)(H,23,24). The van der Waals surface area contributed by atoms with Gasteiger partial charge in [-0.05, 0) is 12.8 Å². The second-order valence-corrected chi connectivity index (χ2v) is 8.38. The zero-order chi connectivity index (χ0) is 18.1. The van der Waals surface area contributed by atoms with Crippen molar-refractivity contribution in [2.24, 2.45) is 5.92 Å². The molecule has 0 radical (unpaired) electrons. The van der Waals surface area contributed by atoms with E-state index in [-0.39, 0.29) is 12.3 Å². The van der Waals surface area contributed by atoms with Gasteiger partial charge in [-0.2, -0.15) is 0 Å². The molecule has 3 fully saturated rings. The van der Waals surface area contributed by atoms with E-state index in [1.165, 1.54) is 4.88 Å². The molecule has 9 heteroatoms. The number of hydrogen-bond acceptors (Lipinski definition) is 7. The number of likely N-dealkylation sites (tertiary alicyclic amines) is 1. The highest BCUT2D eigenvalue weighted by Gasteiger charge is 2.51. The van der Waals surface area contributed by atoms with Crippen molar-refractivity contribution in [2.75, 3.05) is 44.3 Å². The van der Waals surface area contributed by atoms with Crippen molar-refractivity contribution in [3.8, 4) is 0 Å². The number of piperidine rings is 1. The number of carboxylic acids is 1. The third-order valence-electron chi connectivity index (χ3n) is 5.69. The number of nitrogens with one attached hydrogen (secondary N) is 1. The van der Waals surface area contributed by atoms with E-state index in [4.69, 9.17) is 4.74 Å². The summed E-state index contributed by atoms with van der Waals surface area (Å²) in [5.74, 6) is -1.61. The van der Waals surface area contributed by atoms with Gasteiger partial charge in [0.1, 0.15) is 0 Å². The lowest BCUT2D eigenvalue weighted by molar-refractivity contribution is -0.144. The van der Waals surface area contributed by atoms with Gasteiger partial charge in [0.25, 0.3) is 0 Å². The number of carboxylic acid groups (broad SMARTS) is 1. The second-order valence-electron chi connectivity index (χ2n) is 7.28. The van der Waals surface area contributed by atoms with Crippen LogP contribution in [-0.4, -0.2) is 71.8 Å². The van der Waals surface area contributed by atoms with E-state index in [1.807, 2.05) is 6.20 Å². The van der Waals surface area contributed by atoms with E-state index in [9.17, 15) is 14.7 Å². The summed E-state index contributed by atoms with van der Waals surface area (Å²) in [5.41, 5.74) is -0.563. The number of amides is 1. The van der Waals surface area contributed by atoms with Crippen molar-refractivity contribution in [2.45, 2.75) is 31.3 Å². The molecule has 4 rings (SSSR count). The molecule has 1 unspecified atom stereocenters. The molecule has 1 amide bonds. The quantitative estimate of drug-likeness (QED) is 0.787. The second kappa shape index (κ2) is 7.13. The monoisotopic (exact) mass is 380 g/mol. The van der Waals surface area contributed by atoms with Gasteiger partial charge >= 0.3 is 5.97 Å². The Kier molecular flexibility index (Phi) is 4.85. The maximum absolute atomic E-state index is 11.7. The minimum Gasteiger partial charge on any atom is -0.481 e. The molecule has 0 aromatic carbocycles. The first kappa shape index (κ1) is 17.7. The number of aromatic nitrogens is 1. The number of anilines is 1. The zero-order valence-corrected chi connectivity index (χ0v) is 15.5. The van der Waals surface area contributed by atoms with Crippen LogP contribution < -0.4 is 10.2 Å². The molecule has 1 spiro atoms. The summed E-state index contributed by atoms with van der Waals surface area (Å²) in [6, 6.07) is 0. The summed E-state index contributed by atoms with van der Waals surface area (Å²) in [4.78, 5) is 33.6. The summed E-state index contributed by atoms with van der Waals surface area (Å²) in [6.45, 7) is 5.66. The Labute approximate surface area is 156 Å². The van der Waals surface area contributed by atoms with Gasteiger partial charge < -0.3 is 20.1 Å². The van der Waals surface area contributed by atoms with Gasteiger partial charge in [-0.3, -0.25) is 14.5 Å². The van der Waals surface area contributed by atoms with Gasteiger partial charge in [-0.1, -0.05) is 0 Å². The highest BCUT2D eigenvalue weighted by molar-refractivity contribution is 7.15. The van der Waals surface area contributed by atoms with Crippen LogP contribution in [0.2, 0.25) is 0 Å². The number of carbonyl (C=O) groups is 2. The van der Waals surface area contributed by atoms with Crippen molar-refractivity contribution in [3.05, 3.63) is 11.1 Å². The molecule has 3 aliphatic heterocycles. The first-order chi connectivity index (χ1) is 12.6. The summed E-state index contributed by atoms with van der Waals surface area (Å²) in [7, 11) is 0. The number of hydrogen-bond donors (Lipinski definition) is 2. The van der Waals surface area contributed by atoms with Crippen LogP contribution in [0.25, 0.3) is 0 Å². The van der Waals surface area contributed by atoms with Gasteiger partial charge in [-0.15, -0.1) is 11.3 Å². The van der Waals surface area contributed by atoms with Crippen molar-refractivity contribution < 1.29 is 19.4 Å². The van der Waals surface area contributed by atoms with Crippen LogP contribution in [0, 0.1) is 5.92 Å². The van der Waals surface area contributed by atoms with Gasteiger partial charge in [0.2, 0.25) is 5.91 Å². The van der Waals surface area contributed by atoms with Gasteiger partial charge in [0, 0.05) is 50.2 Å². The van der Waals surface area contributed by atoms with Crippen LogP contribution >= 0.6 is 11.3 Å². The summed E-state index contributed by atoms with van der Waals surface area (Å²) in [5, 5.41) is 13.5. The number of nitrogens with zero attached hydrogens (tertiary/aromatic N) is 3. The van der Waals surface area contributed by atoms with Gasteiger partial charge in [-0.25, -0.2) is 4.98 Å². The van der Waals surface area contributed by atoms with E-state index in [2.05, 4.69) is 20.1 Å². The Morgan fingerprint density at radius 3 is 2.77 bits per heavy atom. The molecule has 2 N–H and O–H groups in total. The SMILES string of the molecule is O=C1CC(C(=O)O)C2(CCN(Cc3cnc(N4CCOCC4)s3)CC2)N1. The van der Waals surface area contributed by atoms with Crippen LogP contribution in [-0.2, 0) is 20.9 Å². The average Bonchev–Trinajstić information content (AvgIpc) is 3.23. The molecule has 4 heterocycles. The molecule has 26 heavy (non-hydrogen) atoms. The van der Waals surface area contributed by atoms with E-state index in [0.29, 0.717) is 12.8 Å². The average molecular weight is 380 g/mol. The van der Waals surface area contributed by atoms with Crippen molar-refractivity contribution in [1.82, 2.24) is 15.2 Å². The molecule has 3 saturated heterocycles. The number of ether oxygens (including phenoxy) is 1. The maximum atomic E-state index is 11.7. The molecule has 0 saturated carbocycles. The highest BCUT2D eigenvalue weighted by atomic mass is 32.1. The minimum absolute atomic E-state index is 0.104. The fourth-order valence-electron chi connectivity index (χ4n) is 4.20. The molecule has 0 aliphatic carbocycles. The van der Waals surface area contributed by atoms with E-state index in [0.717, 1.165) is 51.1 Å². The highest BCUT2D eigenvalue weighted by Crippen LogP contribution is 2.37. The lowest BCUT2D eigenvalue weighted by atomic mass is 9.78. The molecule has 1 aromatic heterocycles. The zero-order valence-electron chi connectivity index (χ0n) is 14.6. The van der Waals surface area contributed by atoms with Crippen molar-refractivity contribution >= 4 is 28.3 Å². The summed E-state index contributed by atoms with van der Waals surface area (Å²) in [6.07, 6.45) is 3.42. The number of carbonyl (C=O) groups excluding carboxylic acids is 1. The molecular formula is C17H24N4O4S. The van der Waals surface area contributed by atoms with Gasteiger partial charge in [0.15, 0.2) is 5.13 Å². The van der Waals surface area contributed by atoms with Crippen LogP contribution in [0.4, 0.5) is 5.13 Å². The van der Waals surface area contributed by atoms with E-state index < -0.39 is 17.4 Å². The largest absolute Gasteiger partial charge is 0.481 e. The van der Waals surface area contributed by atoms with E-state index >= 15 is 0 Å². The number of rotatable bonds is 4. The molecule has 0 bridgehead atoms. The Bertz CT molecular complexity index is 680. The van der Waals surface area contributed by atoms with Crippen LogP contribution in [0.5, 0.6) is 0 Å². The molecule has 8 nitrogen and oxygen atoms in total. The molecular weight excluding hydrogens is 356 g/mol. The topological polar surface area (TPSA) is 95.0 Å². The van der Waals surface area contributed by atoms with Gasteiger partial charge in [0.05, 0.1) is 24.7 Å². The number of morpholine rings is 1. The third-order valence-corrected chi connectivity index (χ3v) is 6.74. The fourth-order valence-corrected chi connectivity index (χ4v) is 5.20. The third kappa shape index (κ3) is 3.43. The molecule has 1 aromatic rings. The molecule has 3 aliphatic rings. The number of aliphatic carboxylic acids is 1. The summed E-state index contributed by atoms with van der Waals surface area (Å²) < 4.78 is 5.38. The summed E-state index contributed by atoms with van der Waals surface area (Å²) >= 11 is 1.72. The minimum atomic E-state index is -0.866. The Morgan fingerprint density at radius 1 is 1.35 bits per heavy atom. The Hall–Kier alpha value is -1.71. The van der Waals surface area contributed by atoms with E-state index in [1.54, 1.807) is 11.3 Å². The smallest absolute Gasteiger partial charge is 0.309 e. The van der Waals surface area contributed by atoms with Crippen LogP contribution in [0.3, 0.4) is 0 Å². The van der Waals surface area contributed by atoms with Crippen molar-refractivity contribution in [1.29, 1.82) is 0 Å². The first-order valence-corrected chi connectivity index (χ1v) is 9.91. The number of thiazole rings is 1. The predicted molar refractivity (Wildman–Crippen MR) is 96.3 cm³/mol. The lowest BCUT2D eigenvalue weighted by Gasteiger charge is -2.41. The predicted octanol–water partition coefficient (Wildman–Crippen LogP) is 0.535. The first-order valence-electron chi connectivity index (χ1n) is 9.09.